The predicted molar refractivity (Wildman–Crippen MR) is 121 cm³/mol. The zero-order valence-corrected chi connectivity index (χ0v) is 18.3. The lowest BCUT2D eigenvalue weighted by atomic mass is 9.89. The first-order valence-corrected chi connectivity index (χ1v) is 10.6. The molecule has 2 N–H and O–H groups in total. The summed E-state index contributed by atoms with van der Waals surface area (Å²) in [5.74, 6) is 1.78. The first-order chi connectivity index (χ1) is 14.6. The number of nitrogens with one attached hydrogen (secondary N) is 2. The Morgan fingerprint density at radius 3 is 2.60 bits per heavy atom. The zero-order valence-electron chi connectivity index (χ0n) is 18.3. The summed E-state index contributed by atoms with van der Waals surface area (Å²) < 4.78 is 11.2. The minimum atomic E-state index is -0.0726. The van der Waals surface area contributed by atoms with Gasteiger partial charge in [-0.25, -0.2) is 0 Å². The van der Waals surface area contributed by atoms with Gasteiger partial charge < -0.3 is 19.8 Å². The van der Waals surface area contributed by atoms with E-state index in [0.29, 0.717) is 30.4 Å². The molecule has 0 saturated heterocycles. The van der Waals surface area contributed by atoms with E-state index in [-0.39, 0.29) is 11.8 Å². The van der Waals surface area contributed by atoms with Crippen molar-refractivity contribution >= 4 is 16.8 Å². The molecule has 1 heterocycles. The fourth-order valence-electron chi connectivity index (χ4n) is 4.16. The summed E-state index contributed by atoms with van der Waals surface area (Å²) in [5.41, 5.74) is 3.19. The van der Waals surface area contributed by atoms with Crippen LogP contribution in [0.3, 0.4) is 0 Å². The van der Waals surface area contributed by atoms with Crippen LogP contribution in [-0.4, -0.2) is 31.7 Å². The Labute approximate surface area is 178 Å². The molecule has 1 amide bonds. The minimum absolute atomic E-state index is 0.0726. The maximum atomic E-state index is 12.6. The number of benzene rings is 2. The van der Waals surface area contributed by atoms with Crippen molar-refractivity contribution in [1.29, 1.82) is 0 Å². The van der Waals surface area contributed by atoms with Crippen molar-refractivity contribution in [2.24, 2.45) is 5.92 Å². The first kappa shape index (κ1) is 21.8. The summed E-state index contributed by atoms with van der Waals surface area (Å²) in [6.07, 6.45) is 4.72. The molecule has 2 aromatic carbocycles. The number of hydrogen-bond donors (Lipinski definition) is 2. The van der Waals surface area contributed by atoms with E-state index in [4.69, 9.17) is 9.47 Å². The van der Waals surface area contributed by atoms with E-state index in [1.807, 2.05) is 36.5 Å². The quantitative estimate of drug-likeness (QED) is 0.481. The highest BCUT2D eigenvalue weighted by Crippen LogP contribution is 2.40. The van der Waals surface area contributed by atoms with Gasteiger partial charge in [-0.1, -0.05) is 57.0 Å². The van der Waals surface area contributed by atoms with Crippen molar-refractivity contribution in [1.82, 2.24) is 10.3 Å². The molecular formula is C25H32N2O3. The zero-order chi connectivity index (χ0) is 21.5. The van der Waals surface area contributed by atoms with Gasteiger partial charge in [0.2, 0.25) is 5.91 Å². The predicted octanol–water partition coefficient (Wildman–Crippen LogP) is 5.26. The molecule has 160 valence electrons. The number of methoxy groups -OCH3 is 2. The number of H-pyrrole nitrogens is 1. The molecule has 3 aromatic rings. The Balaban J connectivity index is 1.95. The SMILES string of the molecule is CCCC(C)CC(=O)NCC(c1cccc(OC)c1OC)c1c[nH]c2ccccc12. The number of carbonyl (C=O) groups excluding carboxylic acids is 1. The van der Waals surface area contributed by atoms with Gasteiger partial charge >= 0.3 is 0 Å². The topological polar surface area (TPSA) is 63.4 Å². The lowest BCUT2D eigenvalue weighted by Crippen LogP contribution is -2.30. The van der Waals surface area contributed by atoms with Crippen LogP contribution in [0.25, 0.3) is 10.9 Å². The van der Waals surface area contributed by atoms with Crippen LogP contribution in [0.1, 0.15) is 50.2 Å². The van der Waals surface area contributed by atoms with Crippen molar-refractivity contribution < 1.29 is 14.3 Å². The van der Waals surface area contributed by atoms with Crippen LogP contribution in [0.2, 0.25) is 0 Å². The molecule has 5 heteroatoms. The molecule has 2 unspecified atom stereocenters. The number of aromatic amines is 1. The van der Waals surface area contributed by atoms with Crippen molar-refractivity contribution in [2.75, 3.05) is 20.8 Å². The molecule has 2 atom stereocenters. The highest BCUT2D eigenvalue weighted by Gasteiger charge is 2.24. The number of ether oxygens (including phenoxy) is 2. The number of carbonyl (C=O) groups is 1. The summed E-state index contributed by atoms with van der Waals surface area (Å²) in [7, 11) is 3.29. The Morgan fingerprint density at radius 2 is 1.87 bits per heavy atom. The van der Waals surface area contributed by atoms with Gasteiger partial charge in [0.05, 0.1) is 14.2 Å². The summed E-state index contributed by atoms with van der Waals surface area (Å²) in [6, 6.07) is 14.1. The molecule has 0 radical (unpaired) electrons. The normalized spacial score (nSPS) is 13.1. The van der Waals surface area contributed by atoms with Gasteiger partial charge in [-0.2, -0.15) is 0 Å². The summed E-state index contributed by atoms with van der Waals surface area (Å²) >= 11 is 0. The Morgan fingerprint density at radius 1 is 1.07 bits per heavy atom. The summed E-state index contributed by atoms with van der Waals surface area (Å²) in [6.45, 7) is 4.77. The smallest absolute Gasteiger partial charge is 0.220 e. The number of aromatic nitrogens is 1. The summed E-state index contributed by atoms with van der Waals surface area (Å²) in [4.78, 5) is 16.0. The number of fused-ring (bicyclic) bond motifs is 1. The Kier molecular flexibility index (Phi) is 7.39. The van der Waals surface area contributed by atoms with E-state index < -0.39 is 0 Å². The average molecular weight is 409 g/mol. The molecule has 0 aliphatic heterocycles. The van der Waals surface area contributed by atoms with Crippen LogP contribution < -0.4 is 14.8 Å². The lowest BCUT2D eigenvalue weighted by molar-refractivity contribution is -0.121. The monoisotopic (exact) mass is 408 g/mol. The highest BCUT2D eigenvalue weighted by molar-refractivity contribution is 5.84. The number of amides is 1. The van der Waals surface area contributed by atoms with Crippen molar-refractivity contribution in [2.45, 2.75) is 39.0 Å². The van der Waals surface area contributed by atoms with Crippen LogP contribution in [-0.2, 0) is 4.79 Å². The van der Waals surface area contributed by atoms with E-state index in [2.05, 4.69) is 36.3 Å². The van der Waals surface area contributed by atoms with E-state index in [1.54, 1.807) is 14.2 Å². The van der Waals surface area contributed by atoms with Crippen LogP contribution in [0, 0.1) is 5.92 Å². The van der Waals surface area contributed by atoms with Crippen LogP contribution >= 0.6 is 0 Å². The molecule has 1 aromatic heterocycles. The molecule has 3 rings (SSSR count). The van der Waals surface area contributed by atoms with Gasteiger partial charge in [-0.3, -0.25) is 4.79 Å². The largest absolute Gasteiger partial charge is 0.493 e. The second-order valence-electron chi connectivity index (χ2n) is 7.83. The van der Waals surface area contributed by atoms with Crippen molar-refractivity contribution in [3.05, 3.63) is 59.8 Å². The van der Waals surface area contributed by atoms with Crippen LogP contribution in [0.15, 0.2) is 48.7 Å². The highest BCUT2D eigenvalue weighted by atomic mass is 16.5. The fourth-order valence-corrected chi connectivity index (χ4v) is 4.16. The fraction of sp³-hybridized carbons (Fsp3) is 0.400. The van der Waals surface area contributed by atoms with Gasteiger partial charge in [-0.05, 0) is 23.6 Å². The Hall–Kier alpha value is -2.95. The van der Waals surface area contributed by atoms with Crippen LogP contribution in [0.5, 0.6) is 11.5 Å². The molecular weight excluding hydrogens is 376 g/mol. The molecule has 0 aliphatic carbocycles. The van der Waals surface area contributed by atoms with E-state index in [9.17, 15) is 4.79 Å². The van der Waals surface area contributed by atoms with Gasteiger partial charge in [0, 0.05) is 41.5 Å². The average Bonchev–Trinajstić information content (AvgIpc) is 3.17. The second kappa shape index (κ2) is 10.2. The Bertz CT molecular complexity index is 979. The maximum absolute atomic E-state index is 12.6. The molecule has 0 bridgehead atoms. The van der Waals surface area contributed by atoms with Gasteiger partial charge in [-0.15, -0.1) is 0 Å². The molecule has 0 aliphatic rings. The molecule has 0 saturated carbocycles. The minimum Gasteiger partial charge on any atom is -0.493 e. The standard InChI is InChI=1S/C25H32N2O3/c1-5-9-17(2)14-24(28)27-16-21(19-11-8-13-23(29-3)25(19)30-4)20-15-26-22-12-7-6-10-18(20)22/h6-8,10-13,15,17,21,26H,5,9,14,16H2,1-4H3,(H,27,28). The number of hydrogen-bond acceptors (Lipinski definition) is 3. The molecule has 5 nitrogen and oxygen atoms in total. The third kappa shape index (κ3) is 4.78. The van der Waals surface area contributed by atoms with E-state index in [0.717, 1.165) is 34.9 Å². The van der Waals surface area contributed by atoms with Gasteiger partial charge in [0.1, 0.15) is 0 Å². The third-order valence-corrected chi connectivity index (χ3v) is 5.62. The van der Waals surface area contributed by atoms with E-state index in [1.165, 1.54) is 0 Å². The molecule has 0 spiro atoms. The van der Waals surface area contributed by atoms with Crippen molar-refractivity contribution in [3.63, 3.8) is 0 Å². The second-order valence-corrected chi connectivity index (χ2v) is 7.83. The number of rotatable bonds is 10. The molecule has 0 fully saturated rings. The lowest BCUT2D eigenvalue weighted by Gasteiger charge is -2.22. The summed E-state index contributed by atoms with van der Waals surface area (Å²) in [5, 5.41) is 4.30. The van der Waals surface area contributed by atoms with Crippen LogP contribution in [0.4, 0.5) is 0 Å². The van der Waals surface area contributed by atoms with E-state index >= 15 is 0 Å². The molecule has 30 heavy (non-hydrogen) atoms. The first-order valence-electron chi connectivity index (χ1n) is 10.6. The van der Waals surface area contributed by atoms with Crippen molar-refractivity contribution in [3.8, 4) is 11.5 Å². The third-order valence-electron chi connectivity index (χ3n) is 5.62. The van der Waals surface area contributed by atoms with Gasteiger partial charge in [0.25, 0.3) is 0 Å². The number of para-hydroxylation sites is 2. The van der Waals surface area contributed by atoms with Gasteiger partial charge in [0.15, 0.2) is 11.5 Å². The maximum Gasteiger partial charge on any atom is 0.220 e.